The van der Waals surface area contributed by atoms with E-state index in [1.54, 1.807) is 7.11 Å². The molecule has 2 N–H and O–H groups in total. The molecular formula is C14H14ClNO. The summed E-state index contributed by atoms with van der Waals surface area (Å²) < 4.78 is 5.30. The molecule has 88 valence electrons. The molecule has 2 rings (SSSR count). The van der Waals surface area contributed by atoms with Gasteiger partial charge in [0, 0.05) is 10.6 Å². The first-order valence-corrected chi connectivity index (χ1v) is 5.74. The van der Waals surface area contributed by atoms with Crippen LogP contribution in [0.3, 0.4) is 0 Å². The normalized spacial score (nSPS) is 12.2. The van der Waals surface area contributed by atoms with Gasteiger partial charge in [-0.25, -0.2) is 0 Å². The zero-order chi connectivity index (χ0) is 12.3. The molecule has 0 heterocycles. The topological polar surface area (TPSA) is 35.2 Å². The fourth-order valence-electron chi connectivity index (χ4n) is 1.82. The molecule has 0 aliphatic carbocycles. The molecule has 2 aromatic rings. The highest BCUT2D eigenvalue weighted by molar-refractivity contribution is 6.31. The standard InChI is InChI=1S/C14H14ClNO/c1-17-13-9-5-3-7-11(13)14(16)10-6-2-4-8-12(10)15/h2-9,14H,16H2,1H3. The van der Waals surface area contributed by atoms with E-state index in [9.17, 15) is 0 Å². The Bertz CT molecular complexity index is 513. The molecule has 0 saturated carbocycles. The van der Waals surface area contributed by atoms with E-state index in [2.05, 4.69) is 0 Å². The summed E-state index contributed by atoms with van der Waals surface area (Å²) in [6.45, 7) is 0. The minimum Gasteiger partial charge on any atom is -0.496 e. The molecule has 0 aromatic heterocycles. The third-order valence-corrected chi connectivity index (χ3v) is 3.06. The molecule has 0 aliphatic rings. The fraction of sp³-hybridized carbons (Fsp3) is 0.143. The molecule has 0 radical (unpaired) electrons. The van der Waals surface area contributed by atoms with E-state index in [1.807, 2.05) is 48.5 Å². The number of para-hydroxylation sites is 1. The maximum atomic E-state index is 6.23. The Morgan fingerprint density at radius 2 is 1.59 bits per heavy atom. The lowest BCUT2D eigenvalue weighted by molar-refractivity contribution is 0.408. The van der Waals surface area contributed by atoms with Gasteiger partial charge in [0.2, 0.25) is 0 Å². The maximum Gasteiger partial charge on any atom is 0.123 e. The summed E-state index contributed by atoms with van der Waals surface area (Å²) in [6.07, 6.45) is 0. The van der Waals surface area contributed by atoms with Crippen LogP contribution >= 0.6 is 11.6 Å². The molecule has 1 atom stereocenters. The van der Waals surface area contributed by atoms with Gasteiger partial charge in [0.15, 0.2) is 0 Å². The summed E-state index contributed by atoms with van der Waals surface area (Å²) in [7, 11) is 1.64. The van der Waals surface area contributed by atoms with Crippen molar-refractivity contribution in [2.45, 2.75) is 6.04 Å². The van der Waals surface area contributed by atoms with Crippen molar-refractivity contribution >= 4 is 11.6 Å². The molecule has 3 heteroatoms. The van der Waals surface area contributed by atoms with Crippen molar-refractivity contribution in [1.29, 1.82) is 0 Å². The predicted molar refractivity (Wildman–Crippen MR) is 70.5 cm³/mol. The van der Waals surface area contributed by atoms with Crippen LogP contribution in [0.5, 0.6) is 5.75 Å². The molecule has 0 amide bonds. The Morgan fingerprint density at radius 1 is 1.00 bits per heavy atom. The first kappa shape index (κ1) is 12.0. The predicted octanol–water partition coefficient (Wildman–Crippen LogP) is 3.40. The highest BCUT2D eigenvalue weighted by Gasteiger charge is 2.15. The molecule has 2 aromatic carbocycles. The molecule has 0 spiro atoms. The van der Waals surface area contributed by atoms with Crippen LogP contribution in [0.1, 0.15) is 17.2 Å². The maximum absolute atomic E-state index is 6.23. The Labute approximate surface area is 106 Å². The lowest BCUT2D eigenvalue weighted by Crippen LogP contribution is -2.13. The van der Waals surface area contributed by atoms with Crippen molar-refractivity contribution in [3.05, 3.63) is 64.7 Å². The Hall–Kier alpha value is -1.51. The van der Waals surface area contributed by atoms with Gasteiger partial charge < -0.3 is 10.5 Å². The fourth-order valence-corrected chi connectivity index (χ4v) is 2.07. The van der Waals surface area contributed by atoms with Crippen LogP contribution in [0, 0.1) is 0 Å². The molecule has 0 fully saturated rings. The smallest absolute Gasteiger partial charge is 0.123 e. The molecule has 0 bridgehead atoms. The second kappa shape index (κ2) is 5.21. The number of ether oxygens (including phenoxy) is 1. The highest BCUT2D eigenvalue weighted by atomic mass is 35.5. The molecular weight excluding hydrogens is 234 g/mol. The SMILES string of the molecule is COc1ccccc1C(N)c1ccccc1Cl. The Balaban J connectivity index is 2.44. The van der Waals surface area contributed by atoms with Gasteiger partial charge in [-0.1, -0.05) is 48.0 Å². The average molecular weight is 248 g/mol. The molecule has 1 unspecified atom stereocenters. The largest absolute Gasteiger partial charge is 0.496 e. The summed E-state index contributed by atoms with van der Waals surface area (Å²) in [5, 5.41) is 0.672. The van der Waals surface area contributed by atoms with Crippen LogP contribution in [-0.4, -0.2) is 7.11 Å². The van der Waals surface area contributed by atoms with E-state index in [-0.39, 0.29) is 6.04 Å². The first-order valence-electron chi connectivity index (χ1n) is 5.37. The molecule has 2 nitrogen and oxygen atoms in total. The number of hydrogen-bond donors (Lipinski definition) is 1. The van der Waals surface area contributed by atoms with Gasteiger partial charge in [-0.05, 0) is 17.7 Å². The minimum atomic E-state index is -0.278. The van der Waals surface area contributed by atoms with Gasteiger partial charge in [-0.15, -0.1) is 0 Å². The van der Waals surface area contributed by atoms with Crippen molar-refractivity contribution in [3.63, 3.8) is 0 Å². The van der Waals surface area contributed by atoms with Crippen LogP contribution in [0.4, 0.5) is 0 Å². The lowest BCUT2D eigenvalue weighted by Gasteiger charge is -2.17. The van der Waals surface area contributed by atoms with Gasteiger partial charge in [0.1, 0.15) is 5.75 Å². The highest BCUT2D eigenvalue weighted by Crippen LogP contribution is 2.31. The Morgan fingerprint density at radius 3 is 2.24 bits per heavy atom. The van der Waals surface area contributed by atoms with E-state index >= 15 is 0 Å². The van der Waals surface area contributed by atoms with Gasteiger partial charge in [-0.2, -0.15) is 0 Å². The van der Waals surface area contributed by atoms with Crippen molar-refractivity contribution in [3.8, 4) is 5.75 Å². The number of hydrogen-bond acceptors (Lipinski definition) is 2. The third-order valence-electron chi connectivity index (χ3n) is 2.71. The van der Waals surface area contributed by atoms with E-state index < -0.39 is 0 Å². The van der Waals surface area contributed by atoms with E-state index in [0.717, 1.165) is 16.9 Å². The molecule has 0 aliphatic heterocycles. The minimum absolute atomic E-state index is 0.278. The number of nitrogens with two attached hydrogens (primary N) is 1. The second-order valence-electron chi connectivity index (χ2n) is 3.74. The zero-order valence-corrected chi connectivity index (χ0v) is 10.3. The third kappa shape index (κ3) is 2.43. The van der Waals surface area contributed by atoms with Crippen molar-refractivity contribution in [2.24, 2.45) is 5.73 Å². The Kier molecular flexibility index (Phi) is 3.67. The molecule has 17 heavy (non-hydrogen) atoms. The van der Waals surface area contributed by atoms with Crippen molar-refractivity contribution < 1.29 is 4.74 Å². The number of methoxy groups -OCH3 is 1. The summed E-state index contributed by atoms with van der Waals surface area (Å²) >= 11 is 6.14. The van der Waals surface area contributed by atoms with Crippen LogP contribution in [-0.2, 0) is 0 Å². The summed E-state index contributed by atoms with van der Waals surface area (Å²) in [5.74, 6) is 0.778. The summed E-state index contributed by atoms with van der Waals surface area (Å²) in [5.41, 5.74) is 8.06. The quantitative estimate of drug-likeness (QED) is 0.902. The number of benzene rings is 2. The average Bonchev–Trinajstić information content (AvgIpc) is 2.38. The van der Waals surface area contributed by atoms with Gasteiger partial charge >= 0.3 is 0 Å². The van der Waals surface area contributed by atoms with Gasteiger partial charge in [-0.3, -0.25) is 0 Å². The number of halogens is 1. The second-order valence-corrected chi connectivity index (χ2v) is 4.15. The van der Waals surface area contributed by atoms with Crippen molar-refractivity contribution in [1.82, 2.24) is 0 Å². The van der Waals surface area contributed by atoms with E-state index in [0.29, 0.717) is 5.02 Å². The molecule has 0 saturated heterocycles. The van der Waals surface area contributed by atoms with Crippen LogP contribution in [0.15, 0.2) is 48.5 Å². The summed E-state index contributed by atoms with van der Waals surface area (Å²) in [4.78, 5) is 0. The van der Waals surface area contributed by atoms with Crippen LogP contribution in [0.2, 0.25) is 5.02 Å². The van der Waals surface area contributed by atoms with Gasteiger partial charge in [0.25, 0.3) is 0 Å². The number of rotatable bonds is 3. The van der Waals surface area contributed by atoms with Crippen molar-refractivity contribution in [2.75, 3.05) is 7.11 Å². The van der Waals surface area contributed by atoms with Crippen LogP contribution < -0.4 is 10.5 Å². The van der Waals surface area contributed by atoms with E-state index in [1.165, 1.54) is 0 Å². The monoisotopic (exact) mass is 247 g/mol. The zero-order valence-electron chi connectivity index (χ0n) is 9.56. The van der Waals surface area contributed by atoms with Gasteiger partial charge in [0.05, 0.1) is 13.2 Å². The van der Waals surface area contributed by atoms with E-state index in [4.69, 9.17) is 22.1 Å². The van der Waals surface area contributed by atoms with Crippen LogP contribution in [0.25, 0.3) is 0 Å². The summed E-state index contributed by atoms with van der Waals surface area (Å²) in [6, 6.07) is 15.0. The first-order chi connectivity index (χ1) is 8.24. The lowest BCUT2D eigenvalue weighted by atomic mass is 9.99.